The summed E-state index contributed by atoms with van der Waals surface area (Å²) in [6.07, 6.45) is 0. The Kier molecular flexibility index (Phi) is 5.01. The highest BCUT2D eigenvalue weighted by atomic mass is 16.5. The van der Waals surface area contributed by atoms with Gasteiger partial charge in [-0.2, -0.15) is 7.05 Å². The van der Waals surface area contributed by atoms with Crippen LogP contribution in [0.5, 0.6) is 0 Å². The van der Waals surface area contributed by atoms with Gasteiger partial charge in [0.15, 0.2) is 0 Å². The first-order valence-corrected chi connectivity index (χ1v) is 3.01. The molecule has 0 aliphatic rings. The maximum Gasteiger partial charge on any atom is 0.0959 e. The highest BCUT2D eigenvalue weighted by molar-refractivity contribution is 4.38. The molecule has 0 fully saturated rings. The van der Waals surface area contributed by atoms with Crippen LogP contribution in [0.25, 0.3) is 0 Å². The van der Waals surface area contributed by atoms with Gasteiger partial charge >= 0.3 is 0 Å². The predicted octanol–water partition coefficient (Wildman–Crippen LogP) is -0.234. The zero-order valence-corrected chi connectivity index (χ0v) is 5.68. The van der Waals surface area contributed by atoms with E-state index in [0.717, 1.165) is 13.2 Å². The van der Waals surface area contributed by atoms with Gasteiger partial charge in [-0.3, -0.25) is 0 Å². The van der Waals surface area contributed by atoms with Crippen molar-refractivity contribution in [2.75, 3.05) is 13.2 Å². The molecule has 0 bridgehead atoms. The molecule has 0 amide bonds. The second-order valence-corrected chi connectivity index (χ2v) is 1.87. The van der Waals surface area contributed by atoms with Crippen LogP contribution in [-0.2, 0) is 4.74 Å². The molecular formula is C6H15NO. The molecule has 0 heterocycles. The standard InChI is InChI=1S/C6H15NO/c1-4-8-5-6(2)7-3/h6H,3-5,7H2,1-2H3. The second kappa shape index (κ2) is 5.06. The van der Waals surface area contributed by atoms with Crippen molar-refractivity contribution in [3.8, 4) is 0 Å². The van der Waals surface area contributed by atoms with Crippen LogP contribution in [0.1, 0.15) is 13.8 Å². The van der Waals surface area contributed by atoms with Crippen molar-refractivity contribution in [2.24, 2.45) is 0 Å². The van der Waals surface area contributed by atoms with Crippen LogP contribution < -0.4 is 5.32 Å². The summed E-state index contributed by atoms with van der Waals surface area (Å²) in [6.45, 7) is 5.69. The van der Waals surface area contributed by atoms with Gasteiger partial charge in [0.1, 0.15) is 0 Å². The summed E-state index contributed by atoms with van der Waals surface area (Å²) in [5, 5.41) is 1.90. The summed E-state index contributed by atoms with van der Waals surface area (Å²) in [6, 6.07) is 0.495. The lowest BCUT2D eigenvalue weighted by Gasteiger charge is -2.09. The number of nitrogens with two attached hydrogens (primary N) is 1. The third kappa shape index (κ3) is 4.09. The fourth-order valence-electron chi connectivity index (χ4n) is 0.372. The van der Waals surface area contributed by atoms with E-state index >= 15 is 0 Å². The molecule has 0 spiro atoms. The van der Waals surface area contributed by atoms with Crippen LogP contribution in [0.4, 0.5) is 0 Å². The highest BCUT2D eigenvalue weighted by Gasteiger charge is 1.94. The molecule has 0 radical (unpaired) electrons. The summed E-state index contributed by atoms with van der Waals surface area (Å²) in [7, 11) is 3.63. The number of hydrogen-bond donors (Lipinski definition) is 1. The first-order valence-electron chi connectivity index (χ1n) is 3.01. The van der Waals surface area contributed by atoms with Crippen molar-refractivity contribution < 1.29 is 10.1 Å². The molecule has 0 saturated carbocycles. The zero-order valence-electron chi connectivity index (χ0n) is 5.68. The number of hydrogen-bond acceptors (Lipinski definition) is 1. The summed E-state index contributed by atoms with van der Waals surface area (Å²) < 4.78 is 5.11. The molecule has 0 aliphatic carbocycles. The van der Waals surface area contributed by atoms with E-state index in [4.69, 9.17) is 4.74 Å². The minimum atomic E-state index is 0.495. The van der Waals surface area contributed by atoms with Gasteiger partial charge < -0.3 is 10.1 Å². The zero-order chi connectivity index (χ0) is 6.41. The van der Waals surface area contributed by atoms with Gasteiger partial charge in [-0.15, -0.1) is 0 Å². The Balaban J connectivity index is 2.86. The topological polar surface area (TPSA) is 25.8 Å². The molecule has 0 aromatic rings. The molecule has 0 aromatic carbocycles. The lowest BCUT2D eigenvalue weighted by Crippen LogP contribution is -2.84. The molecule has 2 heteroatoms. The minimum absolute atomic E-state index is 0.495. The highest BCUT2D eigenvalue weighted by Crippen LogP contribution is 1.75. The van der Waals surface area contributed by atoms with Gasteiger partial charge in [-0.25, -0.2) is 0 Å². The van der Waals surface area contributed by atoms with Crippen LogP contribution in [0.3, 0.4) is 0 Å². The van der Waals surface area contributed by atoms with Gasteiger partial charge in [0.2, 0.25) is 0 Å². The Morgan fingerprint density at radius 1 is 1.75 bits per heavy atom. The van der Waals surface area contributed by atoms with Crippen LogP contribution >= 0.6 is 0 Å². The maximum atomic E-state index is 5.11. The Labute approximate surface area is 51.2 Å². The molecule has 2 nitrogen and oxygen atoms in total. The SMILES string of the molecule is [CH2-][NH2+]C(C)COCC. The molecular weight excluding hydrogens is 102 g/mol. The van der Waals surface area contributed by atoms with E-state index in [1.165, 1.54) is 0 Å². The van der Waals surface area contributed by atoms with Crippen molar-refractivity contribution in [3.05, 3.63) is 7.05 Å². The summed E-state index contributed by atoms with van der Waals surface area (Å²) >= 11 is 0. The Bertz CT molecular complexity index is 47.8. The first kappa shape index (κ1) is 7.92. The Morgan fingerprint density at radius 2 is 2.38 bits per heavy atom. The second-order valence-electron chi connectivity index (χ2n) is 1.87. The van der Waals surface area contributed by atoms with Crippen LogP contribution in [0, 0.1) is 7.05 Å². The first-order chi connectivity index (χ1) is 3.81. The van der Waals surface area contributed by atoms with Crippen LogP contribution in [0.2, 0.25) is 0 Å². The molecule has 0 saturated heterocycles. The number of ether oxygens (including phenoxy) is 1. The third-order valence-electron chi connectivity index (χ3n) is 0.987. The summed E-state index contributed by atoms with van der Waals surface area (Å²) in [4.78, 5) is 0. The summed E-state index contributed by atoms with van der Waals surface area (Å²) in [5.41, 5.74) is 0. The molecule has 0 aliphatic heterocycles. The largest absolute Gasteiger partial charge is 0.475 e. The van der Waals surface area contributed by atoms with Crippen molar-refractivity contribution in [2.45, 2.75) is 19.9 Å². The number of quaternary nitrogens is 1. The Morgan fingerprint density at radius 3 is 2.75 bits per heavy atom. The quantitative estimate of drug-likeness (QED) is 0.505. The van der Waals surface area contributed by atoms with Gasteiger partial charge in [0.05, 0.1) is 12.6 Å². The fourth-order valence-corrected chi connectivity index (χ4v) is 0.372. The van der Waals surface area contributed by atoms with Crippen LogP contribution in [0.15, 0.2) is 0 Å². The van der Waals surface area contributed by atoms with Crippen molar-refractivity contribution in [3.63, 3.8) is 0 Å². The van der Waals surface area contributed by atoms with E-state index in [1.807, 2.05) is 12.2 Å². The van der Waals surface area contributed by atoms with E-state index in [1.54, 1.807) is 0 Å². The molecule has 8 heavy (non-hydrogen) atoms. The van der Waals surface area contributed by atoms with Crippen molar-refractivity contribution in [1.82, 2.24) is 0 Å². The fraction of sp³-hybridized carbons (Fsp3) is 0.833. The molecule has 50 valence electrons. The molecule has 2 N–H and O–H groups in total. The van der Waals surface area contributed by atoms with Gasteiger partial charge in [0.25, 0.3) is 0 Å². The van der Waals surface area contributed by atoms with Crippen LogP contribution in [-0.4, -0.2) is 19.3 Å². The average molecular weight is 117 g/mol. The van der Waals surface area contributed by atoms with Crippen molar-refractivity contribution in [1.29, 1.82) is 0 Å². The predicted molar refractivity (Wildman–Crippen MR) is 33.2 cm³/mol. The lowest BCUT2D eigenvalue weighted by molar-refractivity contribution is -0.632. The van der Waals surface area contributed by atoms with E-state index in [9.17, 15) is 0 Å². The number of rotatable bonds is 4. The van der Waals surface area contributed by atoms with Gasteiger partial charge in [-0.05, 0) is 13.8 Å². The van der Waals surface area contributed by atoms with Gasteiger partial charge in [-0.1, -0.05) is 0 Å². The molecule has 1 unspecified atom stereocenters. The molecule has 1 atom stereocenters. The third-order valence-corrected chi connectivity index (χ3v) is 0.987. The van der Waals surface area contributed by atoms with Crippen molar-refractivity contribution >= 4 is 0 Å². The smallest absolute Gasteiger partial charge is 0.0959 e. The van der Waals surface area contributed by atoms with E-state index in [2.05, 4.69) is 14.0 Å². The maximum absolute atomic E-state index is 5.11. The molecule has 0 rings (SSSR count). The van der Waals surface area contributed by atoms with Gasteiger partial charge in [0, 0.05) is 6.61 Å². The average Bonchev–Trinajstić information content (AvgIpc) is 1.83. The lowest BCUT2D eigenvalue weighted by atomic mass is 10.4. The normalized spacial score (nSPS) is 13.9. The van der Waals surface area contributed by atoms with E-state index in [-0.39, 0.29) is 0 Å². The molecule has 0 aromatic heterocycles. The van der Waals surface area contributed by atoms with E-state index in [0.29, 0.717) is 6.04 Å². The minimum Gasteiger partial charge on any atom is -0.475 e. The Hall–Kier alpha value is -0.0800. The monoisotopic (exact) mass is 117 g/mol. The van der Waals surface area contributed by atoms with E-state index < -0.39 is 0 Å². The summed E-state index contributed by atoms with van der Waals surface area (Å²) in [5.74, 6) is 0.